The van der Waals surface area contributed by atoms with Crippen molar-refractivity contribution in [1.82, 2.24) is 4.57 Å². The van der Waals surface area contributed by atoms with Gasteiger partial charge in [-0.2, -0.15) is 0 Å². The molecule has 0 spiro atoms. The summed E-state index contributed by atoms with van der Waals surface area (Å²) in [4.78, 5) is 0. The van der Waals surface area contributed by atoms with Crippen molar-refractivity contribution in [2.24, 2.45) is 0 Å². The van der Waals surface area contributed by atoms with Crippen molar-refractivity contribution in [2.45, 2.75) is 0 Å². The fourth-order valence-corrected chi connectivity index (χ4v) is 7.58. The minimum absolute atomic E-state index is 1.08. The maximum atomic E-state index is 3.66. The van der Waals surface area contributed by atoms with Gasteiger partial charge in [-0.3, -0.25) is 0 Å². The number of benzene rings is 6. The number of hydrogen-bond donors (Lipinski definition) is 1. The van der Waals surface area contributed by atoms with Gasteiger partial charge >= 0.3 is 0 Å². The summed E-state index contributed by atoms with van der Waals surface area (Å²) >= 11 is 1.88. The second kappa shape index (κ2) is 8.35. The standard InChI is InChI=1S/C36H22BN2S/c1-2-10-22(11-3-1)38-30-15-7-4-12-23(30)25-18-19-26-27-21-34-28(24-13-5-9-17-33(24)40-34)20-32(27)39-31-16-8-6-14-29(31)37-35(25)36(26)39/h1-21,38H. The van der Waals surface area contributed by atoms with Crippen molar-refractivity contribution in [3.8, 4) is 16.8 Å². The molecule has 0 amide bonds. The number of aromatic nitrogens is 1. The van der Waals surface area contributed by atoms with E-state index < -0.39 is 0 Å². The van der Waals surface area contributed by atoms with Crippen LogP contribution < -0.4 is 16.2 Å². The Balaban J connectivity index is 1.37. The van der Waals surface area contributed by atoms with Gasteiger partial charge in [-0.1, -0.05) is 90.4 Å². The maximum Gasteiger partial charge on any atom is 0.197 e. The number of fused-ring (bicyclic) bond motifs is 8. The molecule has 40 heavy (non-hydrogen) atoms. The highest BCUT2D eigenvalue weighted by atomic mass is 32.1. The summed E-state index contributed by atoms with van der Waals surface area (Å²) in [5.74, 6) is 0. The van der Waals surface area contributed by atoms with Gasteiger partial charge in [0.1, 0.15) is 0 Å². The Morgan fingerprint density at radius 3 is 2.33 bits per heavy atom. The molecule has 1 N–H and O–H groups in total. The van der Waals surface area contributed by atoms with Crippen LogP contribution in [-0.4, -0.2) is 11.8 Å². The molecule has 1 radical (unpaired) electrons. The number of nitrogens with zero attached hydrogens (tertiary/aromatic N) is 1. The van der Waals surface area contributed by atoms with Crippen LogP contribution in [0.5, 0.6) is 0 Å². The SMILES string of the molecule is [B]1c2ccccc2-n2c3cc4c(cc3c3ccc(-c5ccccc5Nc5ccccc5)c1c32)sc1ccccc14. The lowest BCUT2D eigenvalue weighted by atomic mass is 9.59. The van der Waals surface area contributed by atoms with Crippen LogP contribution in [0.2, 0.25) is 0 Å². The zero-order valence-electron chi connectivity index (χ0n) is 21.6. The fourth-order valence-electron chi connectivity index (χ4n) is 6.45. The lowest BCUT2D eigenvalue weighted by molar-refractivity contribution is 1.19. The molecule has 0 saturated carbocycles. The number of hydrogen-bond acceptors (Lipinski definition) is 2. The first kappa shape index (κ1) is 22.1. The van der Waals surface area contributed by atoms with Gasteiger partial charge in [0.2, 0.25) is 0 Å². The number of anilines is 2. The third-order valence-corrected chi connectivity index (χ3v) is 9.35. The van der Waals surface area contributed by atoms with E-state index >= 15 is 0 Å². The molecule has 0 unspecified atom stereocenters. The second-order valence-corrected chi connectivity index (χ2v) is 11.5. The first-order valence-electron chi connectivity index (χ1n) is 13.6. The van der Waals surface area contributed by atoms with Crippen molar-refractivity contribution < 1.29 is 0 Å². The molecule has 0 atom stereocenters. The van der Waals surface area contributed by atoms with Gasteiger partial charge in [-0.25, -0.2) is 0 Å². The van der Waals surface area contributed by atoms with Crippen molar-refractivity contribution >= 4 is 82.9 Å². The highest BCUT2D eigenvalue weighted by Crippen LogP contribution is 2.42. The molecule has 1 aliphatic rings. The largest absolute Gasteiger partial charge is 0.355 e. The average Bonchev–Trinajstić information content (AvgIpc) is 3.53. The summed E-state index contributed by atoms with van der Waals surface area (Å²) in [6.07, 6.45) is 0. The Kier molecular flexibility index (Phi) is 4.61. The van der Waals surface area contributed by atoms with E-state index in [9.17, 15) is 0 Å². The smallest absolute Gasteiger partial charge is 0.197 e. The Bertz CT molecular complexity index is 2280. The van der Waals surface area contributed by atoms with Crippen molar-refractivity contribution in [2.75, 3.05) is 5.32 Å². The van der Waals surface area contributed by atoms with Crippen LogP contribution in [0.15, 0.2) is 127 Å². The molecular weight excluding hydrogens is 503 g/mol. The molecule has 9 rings (SSSR count). The first-order valence-corrected chi connectivity index (χ1v) is 14.4. The molecule has 185 valence electrons. The molecule has 1 aliphatic heterocycles. The van der Waals surface area contributed by atoms with E-state index in [0.29, 0.717) is 0 Å². The van der Waals surface area contributed by atoms with Crippen LogP contribution in [0.3, 0.4) is 0 Å². The summed E-state index contributed by atoms with van der Waals surface area (Å²) in [6.45, 7) is 0. The van der Waals surface area contributed by atoms with E-state index in [1.165, 1.54) is 69.7 Å². The topological polar surface area (TPSA) is 17.0 Å². The maximum absolute atomic E-state index is 3.66. The van der Waals surface area contributed by atoms with Crippen LogP contribution in [-0.2, 0) is 0 Å². The lowest BCUT2D eigenvalue weighted by Crippen LogP contribution is -2.37. The Morgan fingerprint density at radius 2 is 1.38 bits per heavy atom. The van der Waals surface area contributed by atoms with Gasteiger partial charge in [0.05, 0.1) is 5.52 Å². The predicted octanol–water partition coefficient (Wildman–Crippen LogP) is 8.53. The Hall–Kier alpha value is -4.80. The van der Waals surface area contributed by atoms with Crippen molar-refractivity contribution in [1.29, 1.82) is 0 Å². The first-order chi connectivity index (χ1) is 19.8. The summed E-state index contributed by atoms with van der Waals surface area (Å²) in [5.41, 5.74) is 10.9. The van der Waals surface area contributed by atoms with Crippen molar-refractivity contribution in [3.63, 3.8) is 0 Å². The summed E-state index contributed by atoms with van der Waals surface area (Å²) in [7, 11) is 2.38. The van der Waals surface area contributed by atoms with Gasteiger partial charge in [0.25, 0.3) is 0 Å². The van der Waals surface area contributed by atoms with Crippen LogP contribution in [0.4, 0.5) is 11.4 Å². The summed E-state index contributed by atoms with van der Waals surface area (Å²) in [6, 6.07) is 46.0. The molecule has 3 heterocycles. The highest BCUT2D eigenvalue weighted by Gasteiger charge is 2.26. The predicted molar refractivity (Wildman–Crippen MR) is 174 cm³/mol. The van der Waals surface area contributed by atoms with E-state index in [0.717, 1.165) is 11.4 Å². The second-order valence-electron chi connectivity index (χ2n) is 10.5. The molecule has 6 aromatic carbocycles. The van der Waals surface area contributed by atoms with E-state index in [1.54, 1.807) is 0 Å². The molecular formula is C36H22BN2S. The fraction of sp³-hybridized carbons (Fsp3) is 0. The molecule has 0 bridgehead atoms. The van der Waals surface area contributed by atoms with E-state index in [4.69, 9.17) is 0 Å². The van der Waals surface area contributed by atoms with Gasteiger partial charge in [-0.05, 0) is 53.5 Å². The number of rotatable bonds is 3. The molecule has 8 aromatic rings. The van der Waals surface area contributed by atoms with Crippen LogP contribution in [0.1, 0.15) is 0 Å². The van der Waals surface area contributed by atoms with Crippen LogP contribution in [0.25, 0.3) is 58.8 Å². The molecule has 2 nitrogen and oxygen atoms in total. The lowest BCUT2D eigenvalue weighted by Gasteiger charge is -2.23. The van der Waals surface area contributed by atoms with E-state index in [-0.39, 0.29) is 0 Å². The highest BCUT2D eigenvalue weighted by molar-refractivity contribution is 7.25. The average molecular weight is 525 g/mol. The van der Waals surface area contributed by atoms with E-state index in [1.807, 2.05) is 17.4 Å². The zero-order valence-corrected chi connectivity index (χ0v) is 22.4. The van der Waals surface area contributed by atoms with Gasteiger partial charge < -0.3 is 9.88 Å². The minimum Gasteiger partial charge on any atom is -0.355 e. The summed E-state index contributed by atoms with van der Waals surface area (Å²) in [5, 5.41) is 8.94. The number of para-hydroxylation sites is 3. The molecule has 2 aromatic heterocycles. The third kappa shape index (κ3) is 3.11. The quantitative estimate of drug-likeness (QED) is 0.229. The minimum atomic E-state index is 1.08. The molecule has 4 heteroatoms. The van der Waals surface area contributed by atoms with Gasteiger partial charge in [0.15, 0.2) is 7.28 Å². The monoisotopic (exact) mass is 525 g/mol. The zero-order chi connectivity index (χ0) is 26.2. The number of thiophene rings is 1. The van der Waals surface area contributed by atoms with E-state index in [2.05, 4.69) is 138 Å². The Morgan fingerprint density at radius 1 is 0.575 bits per heavy atom. The number of nitrogens with one attached hydrogen (secondary N) is 1. The van der Waals surface area contributed by atoms with Crippen LogP contribution in [0, 0.1) is 0 Å². The van der Waals surface area contributed by atoms with Crippen molar-refractivity contribution in [3.05, 3.63) is 127 Å². The third-order valence-electron chi connectivity index (χ3n) is 8.21. The molecule has 0 fully saturated rings. The molecule has 0 saturated heterocycles. The summed E-state index contributed by atoms with van der Waals surface area (Å²) < 4.78 is 5.18. The Labute approximate surface area is 236 Å². The van der Waals surface area contributed by atoms with Gasteiger partial charge in [-0.15, -0.1) is 11.3 Å². The van der Waals surface area contributed by atoms with Gasteiger partial charge in [0, 0.05) is 59.1 Å². The normalized spacial score (nSPS) is 12.2. The molecule has 0 aliphatic carbocycles. The van der Waals surface area contributed by atoms with Crippen LogP contribution >= 0.6 is 11.3 Å².